The lowest BCUT2D eigenvalue weighted by atomic mass is 10.3. The first kappa shape index (κ1) is 17.9. The van der Waals surface area contributed by atoms with E-state index in [1.165, 1.54) is 0 Å². The van der Waals surface area contributed by atoms with E-state index >= 15 is 0 Å². The number of benzene rings is 3. The van der Waals surface area contributed by atoms with E-state index < -0.39 is 7.82 Å². The molecule has 0 bridgehead atoms. The summed E-state index contributed by atoms with van der Waals surface area (Å²) in [6.45, 7) is 0. The number of anilines is 1. The standard InChI is InChI=1S/C20H20NO4P/c1-21(2)19-15-9-10-16-20(19)25-26(22,23-17-11-5-3-6-12-17)24-18-13-7-4-8-14-18/h3-16H,1-2H3. The molecule has 6 heteroatoms. The third kappa shape index (κ3) is 4.58. The quantitative estimate of drug-likeness (QED) is 0.522. The molecule has 0 fully saturated rings. The van der Waals surface area contributed by atoms with Crippen molar-refractivity contribution in [1.29, 1.82) is 0 Å². The van der Waals surface area contributed by atoms with Crippen LogP contribution in [0.2, 0.25) is 0 Å². The molecule has 0 spiro atoms. The van der Waals surface area contributed by atoms with Gasteiger partial charge in [-0.3, -0.25) is 0 Å². The van der Waals surface area contributed by atoms with Crippen LogP contribution in [0.15, 0.2) is 84.9 Å². The van der Waals surface area contributed by atoms with E-state index in [2.05, 4.69) is 0 Å². The third-order valence-corrected chi connectivity index (χ3v) is 4.77. The van der Waals surface area contributed by atoms with Gasteiger partial charge in [0, 0.05) is 14.1 Å². The highest BCUT2D eigenvalue weighted by Crippen LogP contribution is 2.51. The number of phosphoric ester groups is 1. The summed E-state index contributed by atoms with van der Waals surface area (Å²) in [5.41, 5.74) is 0.765. The van der Waals surface area contributed by atoms with Crippen molar-refractivity contribution in [3.63, 3.8) is 0 Å². The molecule has 3 aromatic rings. The maximum Gasteiger partial charge on any atom is 0.647 e. The van der Waals surface area contributed by atoms with Gasteiger partial charge < -0.3 is 18.5 Å². The Hall–Kier alpha value is -2.91. The molecule has 5 nitrogen and oxygen atoms in total. The first-order valence-corrected chi connectivity index (χ1v) is 9.57. The highest BCUT2D eigenvalue weighted by Gasteiger charge is 2.34. The molecule has 0 heterocycles. The van der Waals surface area contributed by atoms with Gasteiger partial charge in [0.2, 0.25) is 0 Å². The summed E-state index contributed by atoms with van der Waals surface area (Å²) in [6, 6.07) is 24.9. The van der Waals surface area contributed by atoms with E-state index in [1.807, 2.05) is 43.3 Å². The zero-order valence-corrected chi connectivity index (χ0v) is 15.5. The summed E-state index contributed by atoms with van der Waals surface area (Å²) in [5, 5.41) is 0. The number of phosphoric acid groups is 1. The maximum atomic E-state index is 13.4. The van der Waals surface area contributed by atoms with Crippen molar-refractivity contribution in [2.24, 2.45) is 0 Å². The maximum absolute atomic E-state index is 13.4. The Morgan fingerprint density at radius 2 is 1.12 bits per heavy atom. The molecule has 0 unspecified atom stereocenters. The van der Waals surface area contributed by atoms with E-state index in [1.54, 1.807) is 60.7 Å². The Kier molecular flexibility index (Phi) is 5.49. The number of hydrogen-bond acceptors (Lipinski definition) is 5. The average molecular weight is 369 g/mol. The summed E-state index contributed by atoms with van der Waals surface area (Å²) in [7, 11) is -0.222. The molecule has 0 saturated heterocycles. The third-order valence-electron chi connectivity index (χ3n) is 3.48. The Bertz CT molecular complexity index is 839. The van der Waals surface area contributed by atoms with Gasteiger partial charge >= 0.3 is 7.82 Å². The van der Waals surface area contributed by atoms with Crippen LogP contribution >= 0.6 is 7.82 Å². The topological polar surface area (TPSA) is 48.0 Å². The summed E-state index contributed by atoms with van der Waals surface area (Å²) < 4.78 is 30.5. The van der Waals surface area contributed by atoms with Gasteiger partial charge in [0.25, 0.3) is 0 Å². The molecule has 3 rings (SSSR count). The predicted octanol–water partition coefficient (Wildman–Crippen LogP) is 5.40. The van der Waals surface area contributed by atoms with Crippen LogP contribution in [0, 0.1) is 0 Å². The van der Waals surface area contributed by atoms with Crippen LogP contribution in [0.25, 0.3) is 0 Å². The zero-order valence-electron chi connectivity index (χ0n) is 14.6. The molecule has 134 valence electrons. The van der Waals surface area contributed by atoms with Crippen molar-refractivity contribution in [3.05, 3.63) is 84.9 Å². The molecule has 0 aromatic heterocycles. The van der Waals surface area contributed by atoms with Crippen LogP contribution in [0.1, 0.15) is 0 Å². The summed E-state index contributed by atoms with van der Waals surface area (Å²) in [6.07, 6.45) is 0. The van der Waals surface area contributed by atoms with Crippen LogP contribution in [0.5, 0.6) is 17.2 Å². The van der Waals surface area contributed by atoms with E-state index in [-0.39, 0.29) is 0 Å². The van der Waals surface area contributed by atoms with Crippen LogP contribution in [-0.4, -0.2) is 14.1 Å². The average Bonchev–Trinajstić information content (AvgIpc) is 2.63. The van der Waals surface area contributed by atoms with Crippen LogP contribution in [-0.2, 0) is 4.57 Å². The second-order valence-corrected chi connectivity index (χ2v) is 7.15. The minimum Gasteiger partial charge on any atom is -0.386 e. The van der Waals surface area contributed by atoms with Gasteiger partial charge in [-0.1, -0.05) is 48.5 Å². The van der Waals surface area contributed by atoms with Crippen molar-refractivity contribution in [1.82, 2.24) is 0 Å². The van der Waals surface area contributed by atoms with Gasteiger partial charge in [0.05, 0.1) is 5.69 Å². The zero-order chi connectivity index (χ0) is 18.4. The minimum atomic E-state index is -3.98. The van der Waals surface area contributed by atoms with Gasteiger partial charge in [-0.25, -0.2) is 0 Å². The number of nitrogens with zero attached hydrogens (tertiary/aromatic N) is 1. The molecular weight excluding hydrogens is 349 g/mol. The first-order valence-electron chi connectivity index (χ1n) is 8.11. The molecule has 0 aliphatic rings. The lowest BCUT2D eigenvalue weighted by Crippen LogP contribution is -2.12. The number of para-hydroxylation sites is 4. The van der Waals surface area contributed by atoms with Gasteiger partial charge in [0.1, 0.15) is 11.5 Å². The Labute approximate surface area is 153 Å². The van der Waals surface area contributed by atoms with Gasteiger partial charge in [-0.15, -0.1) is 0 Å². The predicted molar refractivity (Wildman–Crippen MR) is 103 cm³/mol. The Morgan fingerprint density at radius 1 is 0.654 bits per heavy atom. The van der Waals surface area contributed by atoms with Crippen LogP contribution in [0.4, 0.5) is 5.69 Å². The molecule has 26 heavy (non-hydrogen) atoms. The smallest absolute Gasteiger partial charge is 0.386 e. The second-order valence-electron chi connectivity index (χ2n) is 5.71. The largest absolute Gasteiger partial charge is 0.647 e. The van der Waals surface area contributed by atoms with Crippen molar-refractivity contribution in [2.75, 3.05) is 19.0 Å². The minimum absolute atomic E-state index is 0.397. The Morgan fingerprint density at radius 3 is 1.62 bits per heavy atom. The summed E-state index contributed by atoms with van der Waals surface area (Å²) >= 11 is 0. The van der Waals surface area contributed by atoms with Gasteiger partial charge in [-0.2, -0.15) is 4.57 Å². The molecule has 0 saturated carbocycles. The molecular formula is C20H20NO4P. The molecule has 0 atom stereocenters. The molecule has 0 radical (unpaired) electrons. The highest BCUT2D eigenvalue weighted by molar-refractivity contribution is 7.49. The lowest BCUT2D eigenvalue weighted by molar-refractivity contribution is 0.298. The van der Waals surface area contributed by atoms with Crippen molar-refractivity contribution in [3.8, 4) is 17.2 Å². The lowest BCUT2D eigenvalue weighted by Gasteiger charge is -2.22. The van der Waals surface area contributed by atoms with E-state index in [0.717, 1.165) is 5.69 Å². The summed E-state index contributed by atoms with van der Waals surface area (Å²) in [5.74, 6) is 1.20. The van der Waals surface area contributed by atoms with Crippen molar-refractivity contribution in [2.45, 2.75) is 0 Å². The fraction of sp³-hybridized carbons (Fsp3) is 0.100. The van der Waals surface area contributed by atoms with Crippen LogP contribution < -0.4 is 18.5 Å². The number of hydrogen-bond donors (Lipinski definition) is 0. The highest BCUT2D eigenvalue weighted by atomic mass is 31.2. The molecule has 3 aromatic carbocycles. The van der Waals surface area contributed by atoms with E-state index in [4.69, 9.17) is 13.6 Å². The van der Waals surface area contributed by atoms with E-state index in [9.17, 15) is 4.57 Å². The first-order chi connectivity index (χ1) is 12.6. The summed E-state index contributed by atoms with van der Waals surface area (Å²) in [4.78, 5) is 1.87. The molecule has 0 N–H and O–H groups in total. The SMILES string of the molecule is CN(C)c1ccccc1OP(=O)(Oc1ccccc1)Oc1ccccc1. The normalized spacial score (nSPS) is 10.8. The fourth-order valence-corrected chi connectivity index (χ4v) is 3.57. The van der Waals surface area contributed by atoms with Crippen molar-refractivity contribution >= 4 is 13.5 Å². The number of rotatable bonds is 7. The fourth-order valence-electron chi connectivity index (χ4n) is 2.30. The Balaban J connectivity index is 1.94. The van der Waals surface area contributed by atoms with Crippen molar-refractivity contribution < 1.29 is 18.1 Å². The molecule has 0 aliphatic heterocycles. The van der Waals surface area contributed by atoms with Gasteiger partial charge in [-0.05, 0) is 36.4 Å². The van der Waals surface area contributed by atoms with E-state index in [0.29, 0.717) is 17.2 Å². The molecule has 0 amide bonds. The monoisotopic (exact) mass is 369 g/mol. The second kappa shape index (κ2) is 7.98. The van der Waals surface area contributed by atoms with Gasteiger partial charge in [0.15, 0.2) is 5.75 Å². The molecule has 0 aliphatic carbocycles. The van der Waals surface area contributed by atoms with Crippen LogP contribution in [0.3, 0.4) is 0 Å².